The molecule has 1 amide bonds. The molecule has 1 aromatic carbocycles. The molecule has 146 valence electrons. The predicted octanol–water partition coefficient (Wildman–Crippen LogP) is 3.30. The molecule has 0 saturated heterocycles. The molecule has 0 aliphatic carbocycles. The van der Waals surface area contributed by atoms with Crippen LogP contribution in [0.15, 0.2) is 47.5 Å². The van der Waals surface area contributed by atoms with Gasteiger partial charge in [0, 0.05) is 6.54 Å². The number of benzene rings is 1. The Balaban J connectivity index is 1.48. The van der Waals surface area contributed by atoms with Crippen molar-refractivity contribution in [1.82, 2.24) is 5.32 Å². The average Bonchev–Trinajstić information content (AvgIpc) is 3.16. The first-order valence-electron chi connectivity index (χ1n) is 9.10. The molecule has 1 aliphatic heterocycles. The van der Waals surface area contributed by atoms with Gasteiger partial charge in [-0.25, -0.2) is 14.6 Å². The molecule has 7 heteroatoms. The largest absolute Gasteiger partial charge is 0.480 e. The normalized spacial score (nSPS) is 17.9. The third kappa shape index (κ3) is 7.13. The molecule has 7 nitrogen and oxygen atoms in total. The van der Waals surface area contributed by atoms with E-state index in [9.17, 15) is 9.59 Å². The van der Waals surface area contributed by atoms with Crippen molar-refractivity contribution in [3.05, 3.63) is 48.0 Å². The number of carboxylic acids is 1. The number of carbonyl (C=O) groups excluding carboxylic acids is 1. The van der Waals surface area contributed by atoms with Gasteiger partial charge in [0.05, 0.1) is 0 Å². The smallest absolute Gasteiger partial charge is 0.407 e. The zero-order valence-corrected chi connectivity index (χ0v) is 15.3. The van der Waals surface area contributed by atoms with Crippen molar-refractivity contribution in [3.63, 3.8) is 0 Å². The third-order valence-electron chi connectivity index (χ3n) is 4.28. The van der Waals surface area contributed by atoms with Crippen molar-refractivity contribution >= 4 is 18.5 Å². The Labute approximate surface area is 159 Å². The molecule has 1 heterocycles. The third-order valence-corrected chi connectivity index (χ3v) is 4.28. The van der Waals surface area contributed by atoms with Crippen molar-refractivity contribution < 1.29 is 24.2 Å². The topological polar surface area (TPSA) is 97.2 Å². The van der Waals surface area contributed by atoms with E-state index in [-0.39, 0.29) is 6.61 Å². The van der Waals surface area contributed by atoms with Gasteiger partial charge in [-0.15, -0.1) is 0 Å². The van der Waals surface area contributed by atoms with Crippen LogP contribution in [0, 0.1) is 0 Å². The summed E-state index contributed by atoms with van der Waals surface area (Å²) in [5.41, 5.74) is 1.71. The second-order valence-corrected chi connectivity index (χ2v) is 6.41. The lowest BCUT2D eigenvalue weighted by Crippen LogP contribution is -2.31. The molecule has 0 aromatic heterocycles. The highest BCUT2D eigenvalue weighted by molar-refractivity contribution is 5.78. The molecule has 0 spiro atoms. The zero-order valence-electron chi connectivity index (χ0n) is 15.3. The average molecular weight is 374 g/mol. The number of aliphatic carboxylic acids is 1. The number of aliphatic imine (C=N–C) groups is 1. The molecule has 2 N–H and O–H groups in total. The number of carbonyl (C=O) groups is 2. The van der Waals surface area contributed by atoms with Crippen molar-refractivity contribution in [1.29, 1.82) is 0 Å². The number of rotatable bonds is 11. The predicted molar refractivity (Wildman–Crippen MR) is 102 cm³/mol. The summed E-state index contributed by atoms with van der Waals surface area (Å²) < 4.78 is 10.4. The highest BCUT2D eigenvalue weighted by Gasteiger charge is 2.34. The minimum absolute atomic E-state index is 0.263. The summed E-state index contributed by atoms with van der Waals surface area (Å²) in [5, 5.41) is 11.8. The van der Waals surface area contributed by atoms with Gasteiger partial charge >= 0.3 is 12.1 Å². The molecule has 2 unspecified atom stereocenters. The first kappa shape index (κ1) is 20.5. The van der Waals surface area contributed by atoms with Crippen molar-refractivity contribution in [3.8, 4) is 0 Å². The van der Waals surface area contributed by atoms with Gasteiger partial charge in [0.1, 0.15) is 6.61 Å². The molecule has 1 aromatic rings. The van der Waals surface area contributed by atoms with Gasteiger partial charge in [0.15, 0.2) is 18.5 Å². The number of carboxylic acid groups (broad SMARTS) is 1. The number of alkyl carbamates (subject to hydrolysis) is 1. The number of hydrogen-bond acceptors (Lipinski definition) is 5. The van der Waals surface area contributed by atoms with Crippen LogP contribution in [-0.4, -0.2) is 42.3 Å². The van der Waals surface area contributed by atoms with E-state index < -0.39 is 24.2 Å². The van der Waals surface area contributed by atoms with Crippen molar-refractivity contribution in [2.45, 2.75) is 50.9 Å². The van der Waals surface area contributed by atoms with E-state index in [1.807, 2.05) is 30.3 Å². The Morgan fingerprint density at radius 2 is 1.93 bits per heavy atom. The maximum absolute atomic E-state index is 11.6. The summed E-state index contributed by atoms with van der Waals surface area (Å²) in [6.45, 7) is 4.76. The molecule has 0 radical (unpaired) electrons. The Morgan fingerprint density at radius 1 is 1.19 bits per heavy atom. The van der Waals surface area contributed by atoms with E-state index >= 15 is 0 Å². The van der Waals surface area contributed by atoms with Crippen LogP contribution < -0.4 is 5.32 Å². The summed E-state index contributed by atoms with van der Waals surface area (Å²) in [6, 6.07) is 8.64. The Morgan fingerprint density at radius 3 is 2.67 bits per heavy atom. The maximum Gasteiger partial charge on any atom is 0.407 e. The van der Waals surface area contributed by atoms with Gasteiger partial charge in [-0.3, -0.25) is 0 Å². The number of nitrogens with one attached hydrogen (secondary N) is 1. The SMILES string of the molecule is C=C(CCCCCCNC(=O)OCc1ccccc1)C1OC=NC1C(=O)O. The van der Waals surface area contributed by atoms with Gasteiger partial charge in [-0.05, 0) is 30.4 Å². The van der Waals surface area contributed by atoms with Crippen LogP contribution in [-0.2, 0) is 20.9 Å². The molecule has 27 heavy (non-hydrogen) atoms. The molecule has 2 atom stereocenters. The minimum atomic E-state index is -1.000. The van der Waals surface area contributed by atoms with E-state index in [1.54, 1.807) is 0 Å². The van der Waals surface area contributed by atoms with Crippen LogP contribution >= 0.6 is 0 Å². The zero-order chi connectivity index (χ0) is 19.5. The quantitative estimate of drug-likeness (QED) is 0.457. The number of amides is 1. The summed E-state index contributed by atoms with van der Waals surface area (Å²) in [7, 11) is 0. The van der Waals surface area contributed by atoms with Crippen molar-refractivity contribution in [2.24, 2.45) is 4.99 Å². The van der Waals surface area contributed by atoms with Crippen LogP contribution in [0.5, 0.6) is 0 Å². The van der Waals surface area contributed by atoms with Crippen LogP contribution in [0.1, 0.15) is 37.7 Å². The van der Waals surface area contributed by atoms with Crippen LogP contribution in [0.4, 0.5) is 4.79 Å². The van der Waals surface area contributed by atoms with Crippen LogP contribution in [0.3, 0.4) is 0 Å². The fourth-order valence-corrected chi connectivity index (χ4v) is 2.77. The Bertz CT molecular complexity index is 660. The molecule has 0 saturated carbocycles. The summed E-state index contributed by atoms with van der Waals surface area (Å²) in [6.07, 6.45) is 4.58. The highest BCUT2D eigenvalue weighted by Crippen LogP contribution is 2.21. The van der Waals surface area contributed by atoms with E-state index in [2.05, 4.69) is 16.9 Å². The van der Waals surface area contributed by atoms with E-state index in [4.69, 9.17) is 14.6 Å². The first-order valence-corrected chi connectivity index (χ1v) is 9.10. The maximum atomic E-state index is 11.6. The van der Waals surface area contributed by atoms with Gasteiger partial charge in [-0.1, -0.05) is 49.8 Å². The van der Waals surface area contributed by atoms with Gasteiger partial charge in [0.25, 0.3) is 0 Å². The lowest BCUT2D eigenvalue weighted by atomic mass is 9.99. The second-order valence-electron chi connectivity index (χ2n) is 6.41. The number of nitrogens with zero attached hydrogens (tertiary/aromatic N) is 1. The Kier molecular flexibility index (Phi) is 8.35. The minimum Gasteiger partial charge on any atom is -0.480 e. The van der Waals surface area contributed by atoms with E-state index in [0.29, 0.717) is 13.0 Å². The molecule has 0 fully saturated rings. The summed E-state index contributed by atoms with van der Waals surface area (Å²) in [4.78, 5) is 26.5. The van der Waals surface area contributed by atoms with Crippen LogP contribution in [0.2, 0.25) is 0 Å². The van der Waals surface area contributed by atoms with E-state index in [0.717, 1.165) is 36.8 Å². The fraction of sp³-hybridized carbons (Fsp3) is 0.450. The highest BCUT2D eigenvalue weighted by atomic mass is 16.5. The molecule has 0 bridgehead atoms. The fourth-order valence-electron chi connectivity index (χ4n) is 2.77. The molecule has 1 aliphatic rings. The van der Waals surface area contributed by atoms with E-state index in [1.165, 1.54) is 6.40 Å². The van der Waals surface area contributed by atoms with Gasteiger partial charge < -0.3 is 19.9 Å². The standard InChI is InChI=1S/C20H26N2O5/c1-15(18-17(19(23)24)22-14-27-18)9-5-2-3-8-12-21-20(25)26-13-16-10-6-4-7-11-16/h4,6-7,10-11,14,17-18H,1-3,5,8-9,12-13H2,(H,21,25)(H,23,24). The number of ether oxygens (including phenoxy) is 2. The molecule has 2 rings (SSSR count). The monoisotopic (exact) mass is 374 g/mol. The number of unbranched alkanes of at least 4 members (excludes halogenated alkanes) is 3. The van der Waals surface area contributed by atoms with Gasteiger partial charge in [0.2, 0.25) is 0 Å². The number of hydrogen-bond donors (Lipinski definition) is 2. The molecular formula is C20H26N2O5. The molecular weight excluding hydrogens is 348 g/mol. The van der Waals surface area contributed by atoms with Crippen molar-refractivity contribution in [2.75, 3.05) is 6.54 Å². The summed E-state index contributed by atoms with van der Waals surface area (Å²) in [5.74, 6) is -1.000. The lowest BCUT2D eigenvalue weighted by molar-refractivity contribution is -0.139. The lowest BCUT2D eigenvalue weighted by Gasteiger charge is -2.16. The Hall–Kier alpha value is -2.83. The van der Waals surface area contributed by atoms with Gasteiger partial charge in [-0.2, -0.15) is 0 Å². The summed E-state index contributed by atoms with van der Waals surface area (Å²) >= 11 is 0. The first-order chi connectivity index (χ1) is 13.1. The van der Waals surface area contributed by atoms with Crippen LogP contribution in [0.25, 0.3) is 0 Å². The second kappa shape index (κ2) is 11.0.